The van der Waals surface area contributed by atoms with Crippen molar-refractivity contribution >= 4 is 17.9 Å². The van der Waals surface area contributed by atoms with Crippen LogP contribution in [0.25, 0.3) is 0 Å². The second-order valence-electron chi connectivity index (χ2n) is 6.33. The van der Waals surface area contributed by atoms with E-state index in [1.807, 2.05) is 6.92 Å². The summed E-state index contributed by atoms with van der Waals surface area (Å²) in [4.78, 5) is 35.4. The van der Waals surface area contributed by atoms with Gasteiger partial charge in [-0.25, -0.2) is 9.59 Å². The first-order valence-corrected chi connectivity index (χ1v) is 8.30. The molecule has 0 bridgehead atoms. The van der Waals surface area contributed by atoms with Crippen LogP contribution in [0.2, 0.25) is 0 Å². The third kappa shape index (κ3) is 5.37. The van der Waals surface area contributed by atoms with Crippen LogP contribution in [-0.4, -0.2) is 30.6 Å². The standard InChI is InChI=1S/C18H24N2O4/c1-12-7-9-14(10-8-12)17(22)24-11-16(21)20-18(23)19-15-6-4-3-5-13(15)2/h7-10,13,15H,3-6,11H2,1-2H3,(H2,19,20,21,23)/t13-,15-/m0/s1. The summed E-state index contributed by atoms with van der Waals surface area (Å²) in [7, 11) is 0. The summed E-state index contributed by atoms with van der Waals surface area (Å²) in [6, 6.07) is 6.39. The van der Waals surface area contributed by atoms with E-state index in [0.29, 0.717) is 11.5 Å². The zero-order chi connectivity index (χ0) is 17.5. The van der Waals surface area contributed by atoms with Gasteiger partial charge in [0.15, 0.2) is 6.61 Å². The van der Waals surface area contributed by atoms with Crippen molar-refractivity contribution in [2.24, 2.45) is 5.92 Å². The van der Waals surface area contributed by atoms with Crippen LogP contribution < -0.4 is 10.6 Å². The minimum absolute atomic E-state index is 0.0849. The minimum atomic E-state index is -0.642. The van der Waals surface area contributed by atoms with E-state index in [-0.39, 0.29) is 6.04 Å². The fraction of sp³-hybridized carbons (Fsp3) is 0.500. The quantitative estimate of drug-likeness (QED) is 0.830. The summed E-state index contributed by atoms with van der Waals surface area (Å²) < 4.78 is 4.91. The maximum atomic E-state index is 11.8. The Balaban J connectivity index is 1.73. The van der Waals surface area contributed by atoms with Gasteiger partial charge in [-0.1, -0.05) is 37.5 Å². The fourth-order valence-corrected chi connectivity index (χ4v) is 2.80. The molecule has 0 heterocycles. The van der Waals surface area contributed by atoms with Gasteiger partial charge in [-0.05, 0) is 37.8 Å². The lowest BCUT2D eigenvalue weighted by Gasteiger charge is -2.29. The first kappa shape index (κ1) is 18.0. The van der Waals surface area contributed by atoms with Gasteiger partial charge in [-0.2, -0.15) is 0 Å². The molecule has 0 aliphatic heterocycles. The fourth-order valence-electron chi connectivity index (χ4n) is 2.80. The van der Waals surface area contributed by atoms with E-state index in [2.05, 4.69) is 17.6 Å². The van der Waals surface area contributed by atoms with Gasteiger partial charge < -0.3 is 10.1 Å². The zero-order valence-corrected chi connectivity index (χ0v) is 14.1. The second-order valence-corrected chi connectivity index (χ2v) is 6.33. The van der Waals surface area contributed by atoms with E-state index >= 15 is 0 Å². The number of urea groups is 1. The van der Waals surface area contributed by atoms with Gasteiger partial charge in [0, 0.05) is 6.04 Å². The molecule has 130 valence electrons. The highest BCUT2D eigenvalue weighted by Crippen LogP contribution is 2.23. The van der Waals surface area contributed by atoms with Crippen LogP contribution in [0.3, 0.4) is 0 Å². The van der Waals surface area contributed by atoms with Crippen LogP contribution in [0.5, 0.6) is 0 Å². The molecule has 1 aromatic rings. The van der Waals surface area contributed by atoms with E-state index in [4.69, 9.17) is 4.74 Å². The normalized spacial score (nSPS) is 20.1. The summed E-state index contributed by atoms with van der Waals surface area (Å²) in [6.07, 6.45) is 4.25. The molecule has 3 amide bonds. The summed E-state index contributed by atoms with van der Waals surface area (Å²) in [5.41, 5.74) is 1.40. The molecule has 0 aromatic heterocycles. The van der Waals surface area contributed by atoms with Gasteiger partial charge in [0.25, 0.3) is 5.91 Å². The maximum Gasteiger partial charge on any atom is 0.338 e. The van der Waals surface area contributed by atoms with Crippen molar-refractivity contribution in [3.8, 4) is 0 Å². The number of aryl methyl sites for hydroxylation is 1. The highest BCUT2D eigenvalue weighted by molar-refractivity contribution is 5.97. The van der Waals surface area contributed by atoms with Crippen LogP contribution in [0.15, 0.2) is 24.3 Å². The number of rotatable bonds is 4. The highest BCUT2D eigenvalue weighted by atomic mass is 16.5. The Bertz CT molecular complexity index is 598. The van der Waals surface area contributed by atoms with E-state index < -0.39 is 24.5 Å². The Kier molecular flexibility index (Phi) is 6.35. The Morgan fingerprint density at radius 2 is 1.79 bits per heavy atom. The SMILES string of the molecule is Cc1ccc(C(=O)OCC(=O)NC(=O)N[C@H]2CCCC[C@@H]2C)cc1. The van der Waals surface area contributed by atoms with Crippen LogP contribution in [0, 0.1) is 12.8 Å². The molecule has 0 saturated heterocycles. The number of carbonyl (C=O) groups excluding carboxylic acids is 3. The zero-order valence-electron chi connectivity index (χ0n) is 14.1. The average Bonchev–Trinajstić information content (AvgIpc) is 2.55. The molecule has 0 unspecified atom stereocenters. The number of imide groups is 1. The van der Waals surface area contributed by atoms with Crippen molar-refractivity contribution in [1.29, 1.82) is 0 Å². The summed E-state index contributed by atoms with van der Waals surface area (Å²) in [5, 5.41) is 5.01. The number of nitrogens with one attached hydrogen (secondary N) is 2. The number of benzene rings is 1. The Morgan fingerprint density at radius 3 is 2.46 bits per heavy atom. The molecule has 2 N–H and O–H groups in total. The smallest absolute Gasteiger partial charge is 0.338 e. The molecule has 24 heavy (non-hydrogen) atoms. The topological polar surface area (TPSA) is 84.5 Å². The monoisotopic (exact) mass is 332 g/mol. The molecule has 1 fully saturated rings. The molecule has 0 spiro atoms. The van der Waals surface area contributed by atoms with Gasteiger partial charge >= 0.3 is 12.0 Å². The number of esters is 1. The van der Waals surface area contributed by atoms with Crippen LogP contribution in [0.4, 0.5) is 4.79 Å². The number of hydrogen-bond donors (Lipinski definition) is 2. The number of hydrogen-bond acceptors (Lipinski definition) is 4. The number of amides is 3. The molecule has 0 radical (unpaired) electrons. The second kappa shape index (κ2) is 8.47. The summed E-state index contributed by atoms with van der Waals surface area (Å²) >= 11 is 0. The van der Waals surface area contributed by atoms with Gasteiger partial charge in [0.05, 0.1) is 5.56 Å². The van der Waals surface area contributed by atoms with Gasteiger partial charge in [0.1, 0.15) is 0 Å². The predicted molar refractivity (Wildman–Crippen MR) is 89.6 cm³/mol. The third-order valence-corrected chi connectivity index (χ3v) is 4.30. The van der Waals surface area contributed by atoms with Crippen LogP contribution in [0.1, 0.15) is 48.5 Å². The molecule has 1 aliphatic carbocycles. The lowest BCUT2D eigenvalue weighted by atomic mass is 9.86. The first-order valence-electron chi connectivity index (χ1n) is 8.30. The Labute approximate surface area is 142 Å². The van der Waals surface area contributed by atoms with Gasteiger partial charge in [0.2, 0.25) is 0 Å². The molecular formula is C18H24N2O4. The number of carbonyl (C=O) groups is 3. The van der Waals surface area contributed by atoms with Crippen molar-refractivity contribution in [2.75, 3.05) is 6.61 Å². The molecule has 2 atom stereocenters. The lowest BCUT2D eigenvalue weighted by molar-refractivity contribution is -0.123. The summed E-state index contributed by atoms with van der Waals surface area (Å²) in [5.74, 6) is -0.832. The van der Waals surface area contributed by atoms with E-state index in [1.54, 1.807) is 24.3 Å². The Morgan fingerprint density at radius 1 is 1.12 bits per heavy atom. The lowest BCUT2D eigenvalue weighted by Crippen LogP contribution is -2.48. The molecule has 1 aromatic carbocycles. The third-order valence-electron chi connectivity index (χ3n) is 4.30. The van der Waals surface area contributed by atoms with Gasteiger partial charge in [-0.15, -0.1) is 0 Å². The summed E-state index contributed by atoms with van der Waals surface area (Å²) in [6.45, 7) is 3.52. The van der Waals surface area contributed by atoms with Crippen LogP contribution >= 0.6 is 0 Å². The molecule has 1 saturated carbocycles. The van der Waals surface area contributed by atoms with Crippen molar-refractivity contribution in [3.05, 3.63) is 35.4 Å². The number of ether oxygens (including phenoxy) is 1. The maximum absolute atomic E-state index is 11.8. The highest BCUT2D eigenvalue weighted by Gasteiger charge is 2.23. The van der Waals surface area contributed by atoms with Crippen molar-refractivity contribution in [3.63, 3.8) is 0 Å². The molecule has 2 rings (SSSR count). The van der Waals surface area contributed by atoms with E-state index in [9.17, 15) is 14.4 Å². The Hall–Kier alpha value is -2.37. The largest absolute Gasteiger partial charge is 0.452 e. The van der Waals surface area contributed by atoms with E-state index in [1.165, 1.54) is 6.42 Å². The first-order chi connectivity index (χ1) is 11.5. The van der Waals surface area contributed by atoms with Crippen molar-refractivity contribution in [1.82, 2.24) is 10.6 Å². The molecule has 1 aliphatic rings. The molecule has 6 nitrogen and oxygen atoms in total. The van der Waals surface area contributed by atoms with Crippen molar-refractivity contribution < 1.29 is 19.1 Å². The predicted octanol–water partition coefficient (Wildman–Crippen LogP) is 2.56. The van der Waals surface area contributed by atoms with Crippen LogP contribution in [-0.2, 0) is 9.53 Å². The van der Waals surface area contributed by atoms with Gasteiger partial charge in [-0.3, -0.25) is 10.1 Å². The average molecular weight is 332 g/mol. The molecular weight excluding hydrogens is 308 g/mol. The van der Waals surface area contributed by atoms with Crippen molar-refractivity contribution in [2.45, 2.75) is 45.6 Å². The van der Waals surface area contributed by atoms with E-state index in [0.717, 1.165) is 24.8 Å². The minimum Gasteiger partial charge on any atom is -0.452 e. The molecule has 6 heteroatoms.